The first-order valence-electron chi connectivity index (χ1n) is 16.3. The normalized spacial score (nSPS) is 11.1. The molecular formula is C32H62N4O4S. The number of rotatable bonds is 22. The highest BCUT2D eigenvalue weighted by atomic mass is 32.3. The molecule has 41 heavy (non-hydrogen) atoms. The number of unbranched alkanes of at least 4 members (excludes halogenated alkanes) is 18. The summed E-state index contributed by atoms with van der Waals surface area (Å²) >= 11 is 0. The lowest BCUT2D eigenvalue weighted by Crippen LogP contribution is -2.23. The van der Waals surface area contributed by atoms with Crippen LogP contribution in [0.5, 0.6) is 0 Å². The maximum atomic E-state index is 8.52. The summed E-state index contributed by atoms with van der Waals surface area (Å²) in [6.45, 7) is 6.92. The molecule has 0 aromatic carbocycles. The molecule has 0 spiro atoms. The van der Waals surface area contributed by atoms with Crippen LogP contribution in [-0.2, 0) is 37.6 Å². The second kappa shape index (κ2) is 27.1. The Hall–Kier alpha value is -1.71. The van der Waals surface area contributed by atoms with Gasteiger partial charge in [-0.15, -0.1) is 0 Å². The molecule has 0 amide bonds. The van der Waals surface area contributed by atoms with Crippen molar-refractivity contribution >= 4 is 10.4 Å². The maximum Gasteiger partial charge on any atom is 0.243 e. The molecule has 0 N–H and O–H groups in total. The molecule has 2 aromatic rings. The molecule has 2 rings (SSSR count). The Morgan fingerprint density at radius 2 is 0.756 bits per heavy atom. The molecule has 0 fully saturated rings. The van der Waals surface area contributed by atoms with E-state index in [1.165, 1.54) is 142 Å². The zero-order valence-corrected chi connectivity index (χ0v) is 27.7. The SMILES string of the molecule is CCCCCCCCCCCCn1cc[n+](C)c1.CCCCCCCCCCCCn1cc[n+](C)c1.O=S(=O)([O-])[O-]. The van der Waals surface area contributed by atoms with Crippen LogP contribution < -0.4 is 9.13 Å². The fraction of sp³-hybridized carbons (Fsp3) is 0.812. The largest absolute Gasteiger partial charge is 0.759 e. The highest BCUT2D eigenvalue weighted by molar-refractivity contribution is 7.79. The zero-order valence-electron chi connectivity index (χ0n) is 26.9. The Bertz CT molecular complexity index is 860. The smallest absolute Gasteiger partial charge is 0.243 e. The van der Waals surface area contributed by atoms with E-state index >= 15 is 0 Å². The van der Waals surface area contributed by atoms with Crippen molar-refractivity contribution in [2.75, 3.05) is 0 Å². The Kier molecular flexibility index (Phi) is 26.0. The van der Waals surface area contributed by atoms with Crippen molar-refractivity contribution in [3.63, 3.8) is 0 Å². The zero-order chi connectivity index (χ0) is 30.6. The van der Waals surface area contributed by atoms with Gasteiger partial charge in [-0.25, -0.2) is 18.3 Å². The van der Waals surface area contributed by atoms with Gasteiger partial charge in [-0.05, 0) is 25.7 Å². The van der Waals surface area contributed by atoms with E-state index in [4.69, 9.17) is 17.5 Å². The minimum atomic E-state index is -5.17. The van der Waals surface area contributed by atoms with Gasteiger partial charge in [0.25, 0.3) is 0 Å². The van der Waals surface area contributed by atoms with Crippen molar-refractivity contribution in [2.45, 2.75) is 155 Å². The lowest BCUT2D eigenvalue weighted by atomic mass is 10.1. The Morgan fingerprint density at radius 3 is 0.976 bits per heavy atom. The van der Waals surface area contributed by atoms with Gasteiger partial charge in [0.15, 0.2) is 0 Å². The summed E-state index contributed by atoms with van der Waals surface area (Å²) in [5.41, 5.74) is 0. The van der Waals surface area contributed by atoms with E-state index in [9.17, 15) is 0 Å². The van der Waals surface area contributed by atoms with E-state index in [1.54, 1.807) is 0 Å². The number of nitrogens with zero attached hydrogens (tertiary/aromatic N) is 4. The van der Waals surface area contributed by atoms with E-state index in [-0.39, 0.29) is 0 Å². The van der Waals surface area contributed by atoms with Crippen molar-refractivity contribution in [3.05, 3.63) is 37.4 Å². The molecule has 2 heterocycles. The molecule has 0 atom stereocenters. The quantitative estimate of drug-likeness (QED) is 0.0623. The molecule has 0 aliphatic carbocycles. The van der Waals surface area contributed by atoms with E-state index < -0.39 is 10.4 Å². The molecule has 2 aromatic heterocycles. The lowest BCUT2D eigenvalue weighted by molar-refractivity contribution is -0.671. The fourth-order valence-electron chi connectivity index (χ4n) is 4.83. The maximum absolute atomic E-state index is 8.52. The van der Waals surface area contributed by atoms with Crippen molar-refractivity contribution in [2.24, 2.45) is 14.1 Å². The first-order valence-corrected chi connectivity index (χ1v) is 17.7. The minimum absolute atomic E-state index is 1.18. The molecule has 0 unspecified atom stereocenters. The van der Waals surface area contributed by atoms with Crippen LogP contribution >= 0.6 is 0 Å². The van der Waals surface area contributed by atoms with Gasteiger partial charge in [0, 0.05) is 10.4 Å². The monoisotopic (exact) mass is 598 g/mol. The predicted octanol–water partition coefficient (Wildman–Crippen LogP) is 7.13. The molecular weight excluding hydrogens is 536 g/mol. The van der Waals surface area contributed by atoms with Crippen LogP contribution in [0.1, 0.15) is 142 Å². The summed E-state index contributed by atoms with van der Waals surface area (Å²) in [7, 11) is -1.01. The standard InChI is InChI=1S/2C16H31N2.H2O4S/c2*1-3-4-5-6-7-8-9-10-11-12-13-18-15-14-17(2)16-18;1-5(2,3)4/h2*14-16H,3-13H2,1-2H3;(H2,1,2,3,4)/q2*+1;/p-2. The molecule has 0 bridgehead atoms. The van der Waals surface area contributed by atoms with Gasteiger partial charge in [0.05, 0.1) is 27.2 Å². The van der Waals surface area contributed by atoms with Crippen LogP contribution in [0.25, 0.3) is 0 Å². The van der Waals surface area contributed by atoms with Crippen molar-refractivity contribution in [3.8, 4) is 0 Å². The predicted molar refractivity (Wildman–Crippen MR) is 165 cm³/mol. The van der Waals surface area contributed by atoms with E-state index in [0.29, 0.717) is 0 Å². The van der Waals surface area contributed by atoms with Gasteiger partial charge >= 0.3 is 0 Å². The van der Waals surface area contributed by atoms with Crippen molar-refractivity contribution < 1.29 is 26.7 Å². The summed E-state index contributed by atoms with van der Waals surface area (Å²) in [4.78, 5) is 0. The molecule has 0 saturated carbocycles. The van der Waals surface area contributed by atoms with E-state index in [2.05, 4.69) is 83.7 Å². The number of imidazole rings is 2. The average molecular weight is 599 g/mol. The molecule has 0 aliphatic rings. The van der Waals surface area contributed by atoms with Crippen LogP contribution in [0, 0.1) is 0 Å². The highest BCUT2D eigenvalue weighted by Crippen LogP contribution is 2.12. The third-order valence-electron chi connectivity index (χ3n) is 7.19. The minimum Gasteiger partial charge on any atom is -0.759 e. The van der Waals surface area contributed by atoms with Gasteiger partial charge in [-0.2, -0.15) is 0 Å². The van der Waals surface area contributed by atoms with Gasteiger partial charge in [0.1, 0.15) is 24.8 Å². The number of hydrogen-bond acceptors (Lipinski definition) is 4. The Labute approximate surface area is 252 Å². The van der Waals surface area contributed by atoms with Gasteiger partial charge in [0.2, 0.25) is 12.7 Å². The van der Waals surface area contributed by atoms with Gasteiger partial charge < -0.3 is 9.11 Å². The second-order valence-corrected chi connectivity index (χ2v) is 12.2. The van der Waals surface area contributed by atoms with Crippen molar-refractivity contribution in [1.29, 1.82) is 0 Å². The molecule has 240 valence electrons. The van der Waals surface area contributed by atoms with Crippen LogP contribution in [0.4, 0.5) is 0 Å². The fourth-order valence-corrected chi connectivity index (χ4v) is 4.83. The summed E-state index contributed by atoms with van der Waals surface area (Å²) in [5, 5.41) is 0. The van der Waals surface area contributed by atoms with Crippen molar-refractivity contribution in [1.82, 2.24) is 9.13 Å². The third-order valence-corrected chi connectivity index (χ3v) is 7.19. The summed E-state index contributed by atoms with van der Waals surface area (Å²) in [6.07, 6.45) is 41.1. The average Bonchev–Trinajstić information content (AvgIpc) is 3.53. The summed E-state index contributed by atoms with van der Waals surface area (Å²) in [6, 6.07) is 0. The van der Waals surface area contributed by atoms with Crippen LogP contribution in [-0.4, -0.2) is 26.7 Å². The Morgan fingerprint density at radius 1 is 0.512 bits per heavy atom. The van der Waals surface area contributed by atoms with Gasteiger partial charge in [-0.3, -0.25) is 8.42 Å². The summed E-state index contributed by atoms with van der Waals surface area (Å²) < 4.78 is 42.9. The number of aryl methyl sites for hydroxylation is 4. The lowest BCUT2D eigenvalue weighted by Gasteiger charge is -2.06. The van der Waals surface area contributed by atoms with E-state index in [1.807, 2.05) is 0 Å². The molecule has 0 radical (unpaired) electrons. The van der Waals surface area contributed by atoms with Crippen LogP contribution in [0.15, 0.2) is 37.4 Å². The number of hydrogen-bond donors (Lipinski definition) is 0. The van der Waals surface area contributed by atoms with Crippen LogP contribution in [0.3, 0.4) is 0 Å². The highest BCUT2D eigenvalue weighted by Gasteiger charge is 2.00. The first-order chi connectivity index (χ1) is 19.7. The first kappa shape index (κ1) is 39.3. The molecule has 8 nitrogen and oxygen atoms in total. The summed E-state index contributed by atoms with van der Waals surface area (Å²) in [5.74, 6) is 0. The molecule has 0 saturated heterocycles. The second-order valence-electron chi connectivity index (χ2n) is 11.4. The molecule has 0 aliphatic heterocycles. The van der Waals surface area contributed by atoms with Crippen LogP contribution in [0.2, 0.25) is 0 Å². The van der Waals surface area contributed by atoms with E-state index in [0.717, 1.165) is 0 Å². The third kappa shape index (κ3) is 31.1. The van der Waals surface area contributed by atoms with Gasteiger partial charge in [-0.1, -0.05) is 117 Å². The Balaban J connectivity index is 0.000000671. The molecule has 9 heteroatoms. The number of aromatic nitrogens is 4. The topological polar surface area (TPSA) is 97.9 Å².